The van der Waals surface area contributed by atoms with Gasteiger partial charge in [-0.25, -0.2) is 4.98 Å². The Bertz CT molecular complexity index is 644. The molecule has 0 aliphatic rings. The van der Waals surface area contributed by atoms with Crippen LogP contribution in [0.2, 0.25) is 4.34 Å². The molecule has 3 rings (SSSR count). The van der Waals surface area contributed by atoms with Crippen molar-refractivity contribution in [2.75, 3.05) is 5.32 Å². The summed E-state index contributed by atoms with van der Waals surface area (Å²) >= 11 is 9.16. The van der Waals surface area contributed by atoms with Gasteiger partial charge >= 0.3 is 0 Å². The van der Waals surface area contributed by atoms with E-state index in [0.29, 0.717) is 0 Å². The van der Waals surface area contributed by atoms with Crippen molar-refractivity contribution in [1.29, 1.82) is 0 Å². The van der Waals surface area contributed by atoms with E-state index >= 15 is 0 Å². The molecule has 5 heteroatoms. The fourth-order valence-corrected chi connectivity index (χ4v) is 3.40. The smallest absolute Gasteiger partial charge is 0.123 e. The van der Waals surface area contributed by atoms with Gasteiger partial charge in [0, 0.05) is 34.2 Å². The number of anilines is 1. The topological polar surface area (TPSA) is 24.9 Å². The summed E-state index contributed by atoms with van der Waals surface area (Å²) in [6.07, 6.45) is 1.83. The Hall–Kier alpha value is -1.36. The average molecular weight is 307 g/mol. The second-order valence-electron chi connectivity index (χ2n) is 3.97. The van der Waals surface area contributed by atoms with Gasteiger partial charge < -0.3 is 5.32 Å². The molecule has 96 valence electrons. The molecule has 0 unspecified atom stereocenters. The minimum atomic E-state index is 0.800. The van der Waals surface area contributed by atoms with Gasteiger partial charge in [0.15, 0.2) is 0 Å². The zero-order valence-electron chi connectivity index (χ0n) is 9.97. The summed E-state index contributed by atoms with van der Waals surface area (Å²) in [6, 6.07) is 12.3. The van der Waals surface area contributed by atoms with E-state index in [0.717, 1.165) is 27.1 Å². The van der Waals surface area contributed by atoms with E-state index in [9.17, 15) is 0 Å². The number of hydrogen-bond acceptors (Lipinski definition) is 4. The quantitative estimate of drug-likeness (QED) is 0.722. The zero-order valence-corrected chi connectivity index (χ0v) is 12.4. The van der Waals surface area contributed by atoms with Crippen LogP contribution in [0.25, 0.3) is 10.6 Å². The van der Waals surface area contributed by atoms with E-state index in [1.54, 1.807) is 22.7 Å². The first-order chi connectivity index (χ1) is 9.31. The van der Waals surface area contributed by atoms with Gasteiger partial charge in [-0.2, -0.15) is 0 Å². The maximum atomic E-state index is 5.90. The Labute approximate surface area is 124 Å². The number of rotatable bonds is 4. The lowest BCUT2D eigenvalue weighted by Crippen LogP contribution is -1.96. The first-order valence-electron chi connectivity index (χ1n) is 5.79. The van der Waals surface area contributed by atoms with Gasteiger partial charge in [0.1, 0.15) is 5.01 Å². The molecule has 0 atom stereocenters. The van der Waals surface area contributed by atoms with Gasteiger partial charge in [-0.3, -0.25) is 0 Å². The highest BCUT2D eigenvalue weighted by atomic mass is 35.5. The first-order valence-corrected chi connectivity index (χ1v) is 7.87. The van der Waals surface area contributed by atoms with Crippen LogP contribution >= 0.6 is 34.3 Å². The predicted octanol–water partition coefficient (Wildman–Crippen LogP) is 5.14. The number of thiazole rings is 1. The first kappa shape index (κ1) is 12.7. The summed E-state index contributed by atoms with van der Waals surface area (Å²) in [7, 11) is 0. The molecule has 1 N–H and O–H groups in total. The molecular weight excluding hydrogens is 296 g/mol. The molecule has 0 saturated carbocycles. The highest BCUT2D eigenvalue weighted by Crippen LogP contribution is 2.25. The van der Waals surface area contributed by atoms with Crippen LogP contribution in [0.15, 0.2) is 48.0 Å². The van der Waals surface area contributed by atoms with E-state index in [-0.39, 0.29) is 0 Å². The van der Waals surface area contributed by atoms with Crippen LogP contribution in [0.1, 0.15) is 4.88 Å². The molecule has 0 bridgehead atoms. The third kappa shape index (κ3) is 3.15. The van der Waals surface area contributed by atoms with Gasteiger partial charge in [-0.05, 0) is 36.4 Å². The molecule has 0 fully saturated rings. The van der Waals surface area contributed by atoms with Crippen LogP contribution in [-0.4, -0.2) is 4.98 Å². The lowest BCUT2D eigenvalue weighted by atomic mass is 10.2. The lowest BCUT2D eigenvalue weighted by Gasteiger charge is -2.05. The van der Waals surface area contributed by atoms with E-state index < -0.39 is 0 Å². The van der Waals surface area contributed by atoms with Gasteiger partial charge in [-0.15, -0.1) is 22.7 Å². The minimum Gasteiger partial charge on any atom is -0.380 e. The van der Waals surface area contributed by atoms with Gasteiger partial charge in [0.25, 0.3) is 0 Å². The molecule has 3 aromatic rings. The molecular formula is C14H11ClN2S2. The normalized spacial score (nSPS) is 10.6. The van der Waals surface area contributed by atoms with E-state index in [1.807, 2.05) is 23.7 Å². The Balaban J connectivity index is 1.66. The number of nitrogens with one attached hydrogen (secondary N) is 1. The number of thiophene rings is 1. The Morgan fingerprint density at radius 2 is 1.95 bits per heavy atom. The second-order valence-corrected chi connectivity index (χ2v) is 6.67. The number of nitrogens with zero attached hydrogens (tertiary/aromatic N) is 1. The highest BCUT2D eigenvalue weighted by molar-refractivity contribution is 7.16. The molecule has 0 radical (unpaired) electrons. The Morgan fingerprint density at radius 1 is 1.11 bits per heavy atom. The Morgan fingerprint density at radius 3 is 2.58 bits per heavy atom. The van der Waals surface area contributed by atoms with Gasteiger partial charge in [0.2, 0.25) is 0 Å². The summed E-state index contributed by atoms with van der Waals surface area (Å²) in [5.74, 6) is 0. The molecule has 0 aliphatic heterocycles. The molecule has 19 heavy (non-hydrogen) atoms. The third-order valence-corrected chi connectivity index (χ3v) is 4.71. The van der Waals surface area contributed by atoms with Crippen molar-refractivity contribution < 1.29 is 0 Å². The second kappa shape index (κ2) is 5.74. The van der Waals surface area contributed by atoms with Gasteiger partial charge in [-0.1, -0.05) is 11.6 Å². The van der Waals surface area contributed by atoms with Crippen LogP contribution in [0, 0.1) is 0 Å². The van der Waals surface area contributed by atoms with Crippen LogP contribution in [0.5, 0.6) is 0 Å². The maximum absolute atomic E-state index is 5.90. The fraction of sp³-hybridized carbons (Fsp3) is 0.0714. The predicted molar refractivity (Wildman–Crippen MR) is 84.2 cm³/mol. The number of benzene rings is 1. The highest BCUT2D eigenvalue weighted by Gasteiger charge is 2.01. The van der Waals surface area contributed by atoms with Crippen molar-refractivity contribution in [3.8, 4) is 10.6 Å². The number of hydrogen-bond donors (Lipinski definition) is 1. The molecule has 2 nitrogen and oxygen atoms in total. The zero-order chi connectivity index (χ0) is 13.1. The summed E-state index contributed by atoms with van der Waals surface area (Å²) in [5, 5.41) is 6.42. The van der Waals surface area contributed by atoms with Crippen molar-refractivity contribution in [2.45, 2.75) is 6.54 Å². The standard InChI is InChI=1S/C14H11ClN2S2/c15-13-6-5-12(19-13)9-17-11-3-1-10(2-4-11)14-16-7-8-18-14/h1-8,17H,9H2. The van der Waals surface area contributed by atoms with Crippen molar-refractivity contribution >= 4 is 40.0 Å². The van der Waals surface area contributed by atoms with Crippen LogP contribution in [0.3, 0.4) is 0 Å². The van der Waals surface area contributed by atoms with Gasteiger partial charge in [0.05, 0.1) is 4.34 Å². The molecule has 2 heterocycles. The van der Waals surface area contributed by atoms with Crippen molar-refractivity contribution in [2.24, 2.45) is 0 Å². The molecule has 1 aromatic carbocycles. The SMILES string of the molecule is Clc1ccc(CNc2ccc(-c3nccs3)cc2)s1. The summed E-state index contributed by atoms with van der Waals surface area (Å²) in [4.78, 5) is 5.53. The third-order valence-electron chi connectivity index (χ3n) is 2.66. The fourth-order valence-electron chi connectivity index (χ4n) is 1.73. The molecule has 0 aliphatic carbocycles. The summed E-state index contributed by atoms with van der Waals surface area (Å²) in [6.45, 7) is 0.800. The molecule has 0 spiro atoms. The van der Waals surface area contributed by atoms with E-state index in [2.05, 4.69) is 34.6 Å². The minimum absolute atomic E-state index is 0.800. The van der Waals surface area contributed by atoms with E-state index in [4.69, 9.17) is 11.6 Å². The molecule has 0 saturated heterocycles. The molecule has 2 aromatic heterocycles. The van der Waals surface area contributed by atoms with Crippen molar-refractivity contribution in [3.05, 3.63) is 57.2 Å². The Kier molecular flexibility index (Phi) is 3.82. The largest absolute Gasteiger partial charge is 0.380 e. The maximum Gasteiger partial charge on any atom is 0.123 e. The monoisotopic (exact) mass is 306 g/mol. The summed E-state index contributed by atoms with van der Waals surface area (Å²) in [5.41, 5.74) is 2.25. The number of aromatic nitrogens is 1. The summed E-state index contributed by atoms with van der Waals surface area (Å²) < 4.78 is 0.830. The molecule has 0 amide bonds. The average Bonchev–Trinajstić information content (AvgIpc) is 3.08. The lowest BCUT2D eigenvalue weighted by molar-refractivity contribution is 1.19. The number of halogens is 1. The van der Waals surface area contributed by atoms with Crippen LogP contribution < -0.4 is 5.32 Å². The van der Waals surface area contributed by atoms with Crippen molar-refractivity contribution in [3.63, 3.8) is 0 Å². The van der Waals surface area contributed by atoms with Crippen LogP contribution in [0.4, 0.5) is 5.69 Å². The van der Waals surface area contributed by atoms with Crippen LogP contribution in [-0.2, 0) is 6.54 Å². The van der Waals surface area contributed by atoms with E-state index in [1.165, 1.54) is 4.88 Å². The van der Waals surface area contributed by atoms with Crippen molar-refractivity contribution in [1.82, 2.24) is 4.98 Å².